The molecule has 3 aromatic carbocycles. The van der Waals surface area contributed by atoms with Crippen molar-refractivity contribution in [2.45, 2.75) is 6.61 Å². The van der Waals surface area contributed by atoms with Gasteiger partial charge in [0.05, 0.1) is 16.9 Å². The summed E-state index contributed by atoms with van der Waals surface area (Å²) in [6.45, 7) is 0.277. The molecule has 0 radical (unpaired) electrons. The Balaban J connectivity index is 1.42. The highest BCUT2D eigenvalue weighted by molar-refractivity contribution is 6.30. The minimum atomic E-state index is -0.469. The molecule has 0 N–H and O–H groups in total. The van der Waals surface area contributed by atoms with E-state index < -0.39 is 5.82 Å². The first-order valence-corrected chi connectivity index (χ1v) is 8.72. The lowest BCUT2D eigenvalue weighted by molar-refractivity contribution is 0.301. The SMILES string of the molecule is Fc1ccc(-n2cc(COc3ccc(-c4ccccc4)cc3)nn2)cc1Cl. The number of aromatic nitrogens is 3. The average Bonchev–Trinajstić information content (AvgIpc) is 3.19. The van der Waals surface area contributed by atoms with Crippen molar-refractivity contribution in [1.29, 1.82) is 0 Å². The molecule has 1 heterocycles. The minimum absolute atomic E-state index is 0.0410. The van der Waals surface area contributed by atoms with Crippen molar-refractivity contribution in [2.75, 3.05) is 0 Å². The van der Waals surface area contributed by atoms with E-state index in [1.165, 1.54) is 16.8 Å². The van der Waals surface area contributed by atoms with Crippen molar-refractivity contribution in [3.05, 3.63) is 95.5 Å². The van der Waals surface area contributed by atoms with Gasteiger partial charge >= 0.3 is 0 Å². The largest absolute Gasteiger partial charge is 0.487 e. The van der Waals surface area contributed by atoms with E-state index >= 15 is 0 Å². The van der Waals surface area contributed by atoms with Gasteiger partial charge in [0.25, 0.3) is 0 Å². The standard InChI is InChI=1S/C21H15ClFN3O/c22-20-12-18(8-11-21(20)23)26-13-17(24-25-26)14-27-19-9-6-16(7-10-19)15-4-2-1-3-5-15/h1-13H,14H2. The smallest absolute Gasteiger partial charge is 0.141 e. The van der Waals surface area contributed by atoms with E-state index in [-0.39, 0.29) is 11.6 Å². The lowest BCUT2D eigenvalue weighted by atomic mass is 10.1. The maximum absolute atomic E-state index is 13.3. The predicted octanol–water partition coefficient (Wildman–Crippen LogP) is 5.31. The van der Waals surface area contributed by atoms with E-state index in [4.69, 9.17) is 16.3 Å². The third-order valence-electron chi connectivity index (χ3n) is 4.06. The molecule has 4 aromatic rings. The Bertz CT molecular complexity index is 1050. The summed E-state index contributed by atoms with van der Waals surface area (Å²) in [7, 11) is 0. The number of hydrogen-bond donors (Lipinski definition) is 0. The van der Waals surface area contributed by atoms with Gasteiger partial charge in [-0.1, -0.05) is 59.3 Å². The van der Waals surface area contributed by atoms with Gasteiger partial charge in [-0.15, -0.1) is 5.10 Å². The molecule has 134 valence electrons. The fourth-order valence-electron chi connectivity index (χ4n) is 2.65. The molecule has 4 nitrogen and oxygen atoms in total. The Kier molecular flexibility index (Phi) is 4.85. The molecule has 0 saturated heterocycles. The number of hydrogen-bond acceptors (Lipinski definition) is 3. The molecule has 0 aliphatic rings. The Morgan fingerprint density at radius 1 is 0.926 bits per heavy atom. The summed E-state index contributed by atoms with van der Waals surface area (Å²) in [6.07, 6.45) is 1.72. The molecule has 27 heavy (non-hydrogen) atoms. The molecular weight excluding hydrogens is 365 g/mol. The summed E-state index contributed by atoms with van der Waals surface area (Å²) in [5.41, 5.74) is 3.57. The maximum atomic E-state index is 13.3. The second-order valence-corrected chi connectivity index (χ2v) is 6.34. The Labute approximate surface area is 160 Å². The quantitative estimate of drug-likeness (QED) is 0.472. The molecule has 0 spiro atoms. The Hall–Kier alpha value is -3.18. The van der Waals surface area contributed by atoms with Crippen molar-refractivity contribution < 1.29 is 9.13 Å². The highest BCUT2D eigenvalue weighted by Crippen LogP contribution is 2.23. The molecule has 6 heteroatoms. The van der Waals surface area contributed by atoms with E-state index in [2.05, 4.69) is 22.4 Å². The molecule has 1 aromatic heterocycles. The van der Waals surface area contributed by atoms with Gasteiger partial charge in [0.1, 0.15) is 23.9 Å². The van der Waals surface area contributed by atoms with Gasteiger partial charge < -0.3 is 4.74 Å². The molecule has 0 amide bonds. The zero-order chi connectivity index (χ0) is 18.6. The van der Waals surface area contributed by atoms with Crippen LogP contribution in [-0.2, 0) is 6.61 Å². The molecule has 4 rings (SSSR count). The van der Waals surface area contributed by atoms with Crippen LogP contribution >= 0.6 is 11.6 Å². The van der Waals surface area contributed by atoms with E-state index in [9.17, 15) is 4.39 Å². The second-order valence-electron chi connectivity index (χ2n) is 5.93. The third kappa shape index (κ3) is 3.99. The van der Waals surface area contributed by atoms with Crippen LogP contribution in [0, 0.1) is 5.82 Å². The van der Waals surface area contributed by atoms with Crippen LogP contribution in [0.15, 0.2) is 79.0 Å². The molecule has 0 atom stereocenters. The second kappa shape index (κ2) is 7.60. The molecular formula is C21H15ClFN3O. The molecule has 0 bridgehead atoms. The van der Waals surface area contributed by atoms with Crippen LogP contribution in [0.5, 0.6) is 5.75 Å². The van der Waals surface area contributed by atoms with E-state index in [0.29, 0.717) is 11.4 Å². The summed E-state index contributed by atoms with van der Waals surface area (Å²) in [5.74, 6) is 0.275. The minimum Gasteiger partial charge on any atom is -0.487 e. The Morgan fingerprint density at radius 3 is 2.41 bits per heavy atom. The predicted molar refractivity (Wildman–Crippen MR) is 103 cm³/mol. The third-order valence-corrected chi connectivity index (χ3v) is 4.35. The number of nitrogens with zero attached hydrogens (tertiary/aromatic N) is 3. The monoisotopic (exact) mass is 379 g/mol. The topological polar surface area (TPSA) is 39.9 Å². The number of halogens is 2. The number of rotatable bonds is 5. The number of ether oxygens (including phenoxy) is 1. The Morgan fingerprint density at radius 2 is 1.67 bits per heavy atom. The van der Waals surface area contributed by atoms with E-state index in [1.54, 1.807) is 12.3 Å². The number of benzene rings is 3. The van der Waals surface area contributed by atoms with Crippen LogP contribution in [-0.4, -0.2) is 15.0 Å². The highest BCUT2D eigenvalue weighted by atomic mass is 35.5. The van der Waals surface area contributed by atoms with Crippen molar-refractivity contribution in [3.8, 4) is 22.6 Å². The first kappa shape index (κ1) is 17.2. The average molecular weight is 380 g/mol. The highest BCUT2D eigenvalue weighted by Gasteiger charge is 2.07. The summed E-state index contributed by atoms with van der Waals surface area (Å²) >= 11 is 5.81. The first-order chi connectivity index (χ1) is 13.2. The summed E-state index contributed by atoms with van der Waals surface area (Å²) < 4.78 is 20.6. The van der Waals surface area contributed by atoms with Gasteiger partial charge in [-0.2, -0.15) is 0 Å². The van der Waals surface area contributed by atoms with Gasteiger partial charge in [-0.25, -0.2) is 9.07 Å². The normalized spacial score (nSPS) is 10.7. The van der Waals surface area contributed by atoms with Crippen molar-refractivity contribution in [3.63, 3.8) is 0 Å². The lowest BCUT2D eigenvalue weighted by Crippen LogP contribution is -1.96. The van der Waals surface area contributed by atoms with Crippen LogP contribution in [0.4, 0.5) is 4.39 Å². The molecule has 0 fully saturated rings. The van der Waals surface area contributed by atoms with Gasteiger partial charge in [-0.05, 0) is 41.5 Å². The van der Waals surface area contributed by atoms with Crippen molar-refractivity contribution in [2.24, 2.45) is 0 Å². The zero-order valence-electron chi connectivity index (χ0n) is 14.2. The van der Waals surface area contributed by atoms with Crippen LogP contribution in [0.3, 0.4) is 0 Å². The fraction of sp³-hybridized carbons (Fsp3) is 0.0476. The molecule has 0 aliphatic carbocycles. The van der Waals surface area contributed by atoms with Gasteiger partial charge in [0.15, 0.2) is 0 Å². The van der Waals surface area contributed by atoms with Gasteiger partial charge in [0.2, 0.25) is 0 Å². The van der Waals surface area contributed by atoms with Crippen LogP contribution < -0.4 is 4.74 Å². The van der Waals surface area contributed by atoms with Gasteiger partial charge in [0, 0.05) is 0 Å². The molecule has 0 saturated carbocycles. The van der Waals surface area contributed by atoms with Crippen molar-refractivity contribution in [1.82, 2.24) is 15.0 Å². The lowest BCUT2D eigenvalue weighted by Gasteiger charge is -2.06. The zero-order valence-corrected chi connectivity index (χ0v) is 15.0. The van der Waals surface area contributed by atoms with Gasteiger partial charge in [-0.3, -0.25) is 0 Å². The first-order valence-electron chi connectivity index (χ1n) is 8.34. The van der Waals surface area contributed by atoms with Crippen LogP contribution in [0.2, 0.25) is 5.02 Å². The van der Waals surface area contributed by atoms with Crippen LogP contribution in [0.1, 0.15) is 5.69 Å². The van der Waals surface area contributed by atoms with Crippen molar-refractivity contribution >= 4 is 11.6 Å². The van der Waals surface area contributed by atoms with Crippen LogP contribution in [0.25, 0.3) is 16.8 Å². The molecule has 0 aliphatic heterocycles. The van der Waals surface area contributed by atoms with E-state index in [0.717, 1.165) is 16.9 Å². The summed E-state index contributed by atoms with van der Waals surface area (Å²) in [5, 5.41) is 8.15. The van der Waals surface area contributed by atoms with E-state index in [1.807, 2.05) is 42.5 Å². The molecule has 0 unspecified atom stereocenters. The summed E-state index contributed by atoms with van der Waals surface area (Å²) in [4.78, 5) is 0. The summed E-state index contributed by atoms with van der Waals surface area (Å²) in [6, 6.07) is 22.4. The maximum Gasteiger partial charge on any atom is 0.141 e. The fourth-order valence-corrected chi connectivity index (χ4v) is 2.82.